The van der Waals surface area contributed by atoms with E-state index in [-0.39, 0.29) is 11.9 Å². The highest BCUT2D eigenvalue weighted by Crippen LogP contribution is 2.03. The summed E-state index contributed by atoms with van der Waals surface area (Å²) in [5.41, 5.74) is 0.354. The van der Waals surface area contributed by atoms with Gasteiger partial charge in [0.05, 0.1) is 12.4 Å². The summed E-state index contributed by atoms with van der Waals surface area (Å²) in [4.78, 5) is 19.9. The number of carbonyl (C=O) groups is 1. The number of unbranched alkanes of at least 4 members (excludes halogenated alkanes) is 1. The van der Waals surface area contributed by atoms with Crippen LogP contribution in [0.3, 0.4) is 0 Å². The molecule has 0 spiro atoms. The van der Waals surface area contributed by atoms with E-state index in [1.807, 2.05) is 6.92 Å². The molecule has 1 aromatic rings. The predicted octanol–water partition coefficient (Wildman–Crippen LogP) is 1.83. The number of anilines is 1. The summed E-state index contributed by atoms with van der Waals surface area (Å²) in [7, 11) is 1.76. The summed E-state index contributed by atoms with van der Waals surface area (Å²) in [5.74, 6) is 0.490. The molecule has 1 amide bonds. The minimum absolute atomic E-state index is 0.163. The average Bonchev–Trinajstić information content (AvgIpc) is 2.36. The van der Waals surface area contributed by atoms with Gasteiger partial charge in [0.2, 0.25) is 0 Å². The number of hydrogen-bond acceptors (Lipinski definition) is 4. The zero-order valence-electron chi connectivity index (χ0n) is 10.7. The van der Waals surface area contributed by atoms with Crippen molar-refractivity contribution < 1.29 is 4.79 Å². The molecule has 0 saturated heterocycles. The molecule has 5 nitrogen and oxygen atoms in total. The summed E-state index contributed by atoms with van der Waals surface area (Å²) < 4.78 is 0. The maximum Gasteiger partial charge on any atom is 0.271 e. The van der Waals surface area contributed by atoms with E-state index < -0.39 is 0 Å². The Morgan fingerprint density at radius 3 is 2.71 bits per heavy atom. The molecule has 0 aliphatic carbocycles. The van der Waals surface area contributed by atoms with E-state index >= 15 is 0 Å². The first-order valence-electron chi connectivity index (χ1n) is 5.98. The van der Waals surface area contributed by atoms with Crippen molar-refractivity contribution in [2.75, 3.05) is 12.4 Å². The lowest BCUT2D eigenvalue weighted by molar-refractivity contribution is 0.0932. The molecule has 5 heteroatoms. The Morgan fingerprint density at radius 1 is 1.41 bits per heavy atom. The Kier molecular flexibility index (Phi) is 5.39. The third-order valence-corrected chi connectivity index (χ3v) is 2.51. The maximum atomic E-state index is 11.8. The second-order valence-corrected chi connectivity index (χ2v) is 4.05. The molecule has 0 aliphatic heterocycles. The third kappa shape index (κ3) is 4.38. The molecule has 1 atom stereocenters. The molecule has 0 aliphatic rings. The number of amides is 1. The first-order chi connectivity index (χ1) is 8.17. The van der Waals surface area contributed by atoms with E-state index in [0.717, 1.165) is 19.3 Å². The highest BCUT2D eigenvalue weighted by molar-refractivity contribution is 5.92. The van der Waals surface area contributed by atoms with Gasteiger partial charge in [-0.05, 0) is 13.3 Å². The number of carbonyl (C=O) groups excluding carboxylic acids is 1. The van der Waals surface area contributed by atoms with Gasteiger partial charge in [0, 0.05) is 13.1 Å². The average molecular weight is 236 g/mol. The Bertz CT molecular complexity index is 350. The van der Waals surface area contributed by atoms with Crippen LogP contribution in [0.25, 0.3) is 0 Å². The molecule has 1 unspecified atom stereocenters. The van der Waals surface area contributed by atoms with Crippen LogP contribution in [0.5, 0.6) is 0 Å². The highest BCUT2D eigenvalue weighted by atomic mass is 16.1. The number of rotatable bonds is 6. The lowest BCUT2D eigenvalue weighted by Gasteiger charge is -2.12. The van der Waals surface area contributed by atoms with E-state index in [1.165, 1.54) is 6.20 Å². The van der Waals surface area contributed by atoms with Crippen molar-refractivity contribution in [1.29, 1.82) is 0 Å². The van der Waals surface area contributed by atoms with E-state index in [0.29, 0.717) is 11.5 Å². The lowest BCUT2D eigenvalue weighted by Crippen LogP contribution is -2.33. The molecular formula is C12H20N4O. The van der Waals surface area contributed by atoms with Crippen LogP contribution in [-0.4, -0.2) is 29.0 Å². The van der Waals surface area contributed by atoms with Gasteiger partial charge in [-0.1, -0.05) is 19.8 Å². The van der Waals surface area contributed by atoms with Gasteiger partial charge in [0.15, 0.2) is 0 Å². The summed E-state index contributed by atoms with van der Waals surface area (Å²) >= 11 is 0. The Morgan fingerprint density at radius 2 is 2.18 bits per heavy atom. The summed E-state index contributed by atoms with van der Waals surface area (Å²) in [6.45, 7) is 4.14. The van der Waals surface area contributed by atoms with Gasteiger partial charge >= 0.3 is 0 Å². The minimum atomic E-state index is -0.163. The summed E-state index contributed by atoms with van der Waals surface area (Å²) in [6, 6.07) is 0.174. The second-order valence-electron chi connectivity index (χ2n) is 4.05. The zero-order chi connectivity index (χ0) is 12.7. The van der Waals surface area contributed by atoms with Gasteiger partial charge in [-0.3, -0.25) is 4.79 Å². The Labute approximate surface area is 102 Å². The van der Waals surface area contributed by atoms with Crippen molar-refractivity contribution in [3.63, 3.8) is 0 Å². The third-order valence-electron chi connectivity index (χ3n) is 2.51. The van der Waals surface area contributed by atoms with Crippen molar-refractivity contribution >= 4 is 11.7 Å². The molecule has 1 rings (SSSR count). The first kappa shape index (κ1) is 13.4. The van der Waals surface area contributed by atoms with Gasteiger partial charge in [-0.2, -0.15) is 0 Å². The van der Waals surface area contributed by atoms with Gasteiger partial charge < -0.3 is 10.6 Å². The molecular weight excluding hydrogens is 216 g/mol. The van der Waals surface area contributed by atoms with Crippen LogP contribution in [0, 0.1) is 0 Å². The van der Waals surface area contributed by atoms with E-state index in [9.17, 15) is 4.79 Å². The molecule has 0 fully saturated rings. The van der Waals surface area contributed by atoms with Crippen LogP contribution in [0.2, 0.25) is 0 Å². The van der Waals surface area contributed by atoms with Gasteiger partial charge in [0.1, 0.15) is 11.5 Å². The van der Waals surface area contributed by atoms with Gasteiger partial charge in [0.25, 0.3) is 5.91 Å². The van der Waals surface area contributed by atoms with E-state index in [2.05, 4.69) is 27.5 Å². The topological polar surface area (TPSA) is 66.9 Å². The smallest absolute Gasteiger partial charge is 0.271 e. The molecule has 1 aromatic heterocycles. The first-order valence-corrected chi connectivity index (χ1v) is 5.98. The molecule has 0 radical (unpaired) electrons. The maximum absolute atomic E-state index is 11.8. The van der Waals surface area contributed by atoms with Crippen LogP contribution in [0.15, 0.2) is 12.4 Å². The standard InChI is InChI=1S/C12H20N4O/c1-4-5-6-9(2)16-12(17)10-7-15-11(13-3)8-14-10/h7-9H,4-6H2,1-3H3,(H,13,15)(H,16,17). The van der Waals surface area contributed by atoms with Crippen molar-refractivity contribution in [3.05, 3.63) is 18.1 Å². The van der Waals surface area contributed by atoms with Crippen molar-refractivity contribution in [2.45, 2.75) is 39.2 Å². The molecule has 0 bridgehead atoms. The molecule has 0 saturated carbocycles. The Hall–Kier alpha value is -1.65. The predicted molar refractivity (Wildman–Crippen MR) is 68.0 cm³/mol. The molecule has 1 heterocycles. The van der Waals surface area contributed by atoms with Crippen molar-refractivity contribution in [2.24, 2.45) is 0 Å². The summed E-state index contributed by atoms with van der Waals surface area (Å²) in [6.07, 6.45) is 6.27. The fourth-order valence-corrected chi connectivity index (χ4v) is 1.45. The second kappa shape index (κ2) is 6.83. The summed E-state index contributed by atoms with van der Waals surface area (Å²) in [5, 5.41) is 5.76. The number of nitrogens with one attached hydrogen (secondary N) is 2. The lowest BCUT2D eigenvalue weighted by atomic mass is 10.1. The monoisotopic (exact) mass is 236 g/mol. The number of aromatic nitrogens is 2. The molecule has 2 N–H and O–H groups in total. The fraction of sp³-hybridized carbons (Fsp3) is 0.583. The van der Waals surface area contributed by atoms with Crippen LogP contribution < -0.4 is 10.6 Å². The SMILES string of the molecule is CCCCC(C)NC(=O)c1cnc(NC)cn1. The quantitative estimate of drug-likeness (QED) is 0.790. The number of nitrogens with zero attached hydrogens (tertiary/aromatic N) is 2. The van der Waals surface area contributed by atoms with Crippen molar-refractivity contribution in [1.82, 2.24) is 15.3 Å². The van der Waals surface area contributed by atoms with Crippen LogP contribution in [-0.2, 0) is 0 Å². The normalized spacial score (nSPS) is 11.9. The molecule has 0 aromatic carbocycles. The van der Waals surface area contributed by atoms with E-state index in [1.54, 1.807) is 13.2 Å². The highest BCUT2D eigenvalue weighted by Gasteiger charge is 2.10. The number of hydrogen-bond donors (Lipinski definition) is 2. The van der Waals surface area contributed by atoms with Crippen LogP contribution in [0.1, 0.15) is 43.6 Å². The van der Waals surface area contributed by atoms with Crippen LogP contribution >= 0.6 is 0 Å². The van der Waals surface area contributed by atoms with Crippen molar-refractivity contribution in [3.8, 4) is 0 Å². The fourth-order valence-electron chi connectivity index (χ4n) is 1.45. The van der Waals surface area contributed by atoms with Crippen LogP contribution in [0.4, 0.5) is 5.82 Å². The molecule has 94 valence electrons. The minimum Gasteiger partial charge on any atom is -0.372 e. The molecule has 17 heavy (non-hydrogen) atoms. The zero-order valence-corrected chi connectivity index (χ0v) is 10.7. The Balaban J connectivity index is 2.51. The van der Waals surface area contributed by atoms with E-state index in [4.69, 9.17) is 0 Å². The van der Waals surface area contributed by atoms with Gasteiger partial charge in [-0.25, -0.2) is 9.97 Å². The van der Waals surface area contributed by atoms with Gasteiger partial charge in [-0.15, -0.1) is 0 Å². The largest absolute Gasteiger partial charge is 0.372 e.